The third-order valence-corrected chi connectivity index (χ3v) is 2.21. The van der Waals surface area contributed by atoms with Crippen molar-refractivity contribution in [2.24, 2.45) is 0 Å². The van der Waals surface area contributed by atoms with E-state index < -0.39 is 35.7 Å². The summed E-state index contributed by atoms with van der Waals surface area (Å²) in [6.45, 7) is 2.52. The third kappa shape index (κ3) is 2.29. The summed E-state index contributed by atoms with van der Waals surface area (Å²) in [6, 6.07) is 0. The molecule has 0 aliphatic heterocycles. The second kappa shape index (κ2) is 4.56. The standard InChI is InChI=1S/C10H12O7/c1-3(11)5-6(4(2)12)8(10(15)16)17-7(5)9(13)14/h3-4,11-12H,1-2H3,(H,13,14)(H,15,16). The zero-order chi connectivity index (χ0) is 13.3. The fraction of sp³-hybridized carbons (Fsp3) is 0.400. The molecule has 1 heterocycles. The summed E-state index contributed by atoms with van der Waals surface area (Å²) in [5, 5.41) is 36.6. The SMILES string of the molecule is CC(O)c1c(C(=O)O)oc(C(=O)O)c1C(C)O. The molecule has 0 saturated carbocycles. The maximum Gasteiger partial charge on any atom is 0.372 e. The first-order chi connectivity index (χ1) is 7.77. The normalized spacial score (nSPS) is 14.4. The van der Waals surface area contributed by atoms with Crippen molar-refractivity contribution >= 4 is 11.9 Å². The zero-order valence-electron chi connectivity index (χ0n) is 9.17. The third-order valence-electron chi connectivity index (χ3n) is 2.21. The van der Waals surface area contributed by atoms with Gasteiger partial charge < -0.3 is 24.8 Å². The van der Waals surface area contributed by atoms with Crippen LogP contribution in [0.4, 0.5) is 0 Å². The van der Waals surface area contributed by atoms with Gasteiger partial charge in [0.15, 0.2) is 0 Å². The predicted molar refractivity (Wildman–Crippen MR) is 53.9 cm³/mol. The Morgan fingerprint density at radius 1 is 0.941 bits per heavy atom. The average Bonchev–Trinajstić information content (AvgIpc) is 2.56. The summed E-state index contributed by atoms with van der Waals surface area (Å²) in [7, 11) is 0. The Bertz CT molecular complexity index is 415. The molecule has 0 bridgehead atoms. The summed E-state index contributed by atoms with van der Waals surface area (Å²) in [6.07, 6.45) is -2.52. The van der Waals surface area contributed by atoms with Gasteiger partial charge in [0.05, 0.1) is 12.2 Å². The van der Waals surface area contributed by atoms with Gasteiger partial charge in [0.2, 0.25) is 11.5 Å². The van der Waals surface area contributed by atoms with Crippen LogP contribution in [-0.2, 0) is 0 Å². The van der Waals surface area contributed by atoms with Crippen molar-refractivity contribution in [3.63, 3.8) is 0 Å². The molecule has 0 aliphatic rings. The molecule has 0 amide bonds. The molecule has 2 atom stereocenters. The van der Waals surface area contributed by atoms with Crippen LogP contribution in [0.2, 0.25) is 0 Å². The Morgan fingerprint density at radius 2 is 1.24 bits per heavy atom. The molecule has 0 saturated heterocycles. The summed E-state index contributed by atoms with van der Waals surface area (Å²) in [4.78, 5) is 21.7. The van der Waals surface area contributed by atoms with E-state index in [0.29, 0.717) is 0 Å². The Labute approximate surface area is 95.9 Å². The molecule has 1 aromatic heterocycles. The van der Waals surface area contributed by atoms with Crippen LogP contribution in [0, 0.1) is 0 Å². The molecule has 0 aromatic carbocycles. The van der Waals surface area contributed by atoms with Crippen molar-refractivity contribution in [1.29, 1.82) is 0 Å². The first kappa shape index (κ1) is 13.2. The summed E-state index contributed by atoms with van der Waals surface area (Å²) >= 11 is 0. The first-order valence-electron chi connectivity index (χ1n) is 4.76. The molecule has 7 nitrogen and oxygen atoms in total. The van der Waals surface area contributed by atoms with Crippen molar-refractivity contribution in [3.05, 3.63) is 22.6 Å². The van der Waals surface area contributed by atoms with Gasteiger partial charge in [-0.15, -0.1) is 0 Å². The highest BCUT2D eigenvalue weighted by molar-refractivity contribution is 5.92. The van der Waals surface area contributed by atoms with Crippen LogP contribution in [0.15, 0.2) is 4.42 Å². The Morgan fingerprint density at radius 3 is 1.41 bits per heavy atom. The molecule has 1 aromatic rings. The van der Waals surface area contributed by atoms with Crippen molar-refractivity contribution in [3.8, 4) is 0 Å². The van der Waals surface area contributed by atoms with E-state index in [1.54, 1.807) is 0 Å². The molecule has 0 radical (unpaired) electrons. The van der Waals surface area contributed by atoms with E-state index in [2.05, 4.69) is 4.42 Å². The highest BCUT2D eigenvalue weighted by atomic mass is 16.4. The second-order valence-corrected chi connectivity index (χ2v) is 3.55. The van der Waals surface area contributed by atoms with Gasteiger partial charge in [-0.05, 0) is 13.8 Å². The summed E-state index contributed by atoms with van der Waals surface area (Å²) in [5.41, 5.74) is -0.435. The predicted octanol–water partition coefficient (Wildman–Crippen LogP) is 0.783. The number of furan rings is 1. The second-order valence-electron chi connectivity index (χ2n) is 3.55. The smallest absolute Gasteiger partial charge is 0.372 e. The van der Waals surface area contributed by atoms with Crippen LogP contribution in [0.25, 0.3) is 0 Å². The lowest BCUT2D eigenvalue weighted by molar-refractivity contribution is 0.0623. The first-order valence-corrected chi connectivity index (χ1v) is 4.76. The lowest BCUT2D eigenvalue weighted by Gasteiger charge is -2.09. The number of aliphatic hydroxyl groups is 2. The number of hydrogen-bond acceptors (Lipinski definition) is 5. The average molecular weight is 244 g/mol. The van der Waals surface area contributed by atoms with Crippen LogP contribution in [0.5, 0.6) is 0 Å². The van der Waals surface area contributed by atoms with E-state index in [9.17, 15) is 19.8 Å². The Kier molecular flexibility index (Phi) is 3.54. The minimum atomic E-state index is -1.50. The molecule has 2 unspecified atom stereocenters. The van der Waals surface area contributed by atoms with Gasteiger partial charge in [-0.1, -0.05) is 0 Å². The van der Waals surface area contributed by atoms with Crippen molar-refractivity contribution < 1.29 is 34.4 Å². The quantitative estimate of drug-likeness (QED) is 0.616. The van der Waals surface area contributed by atoms with Gasteiger partial charge in [-0.3, -0.25) is 0 Å². The van der Waals surface area contributed by atoms with Crippen molar-refractivity contribution in [2.45, 2.75) is 26.1 Å². The minimum Gasteiger partial charge on any atom is -0.475 e. The van der Waals surface area contributed by atoms with Gasteiger partial charge in [0.25, 0.3) is 0 Å². The Hall–Kier alpha value is -1.86. The maximum absolute atomic E-state index is 10.9. The zero-order valence-corrected chi connectivity index (χ0v) is 9.17. The Balaban J connectivity index is 3.61. The highest BCUT2D eigenvalue weighted by Gasteiger charge is 2.32. The van der Waals surface area contributed by atoms with Gasteiger partial charge in [0, 0.05) is 11.1 Å². The summed E-state index contributed by atoms with van der Waals surface area (Å²) in [5.74, 6) is -4.35. The fourth-order valence-electron chi connectivity index (χ4n) is 1.60. The maximum atomic E-state index is 10.9. The summed E-state index contributed by atoms with van der Waals surface area (Å²) < 4.78 is 4.67. The molecule has 17 heavy (non-hydrogen) atoms. The largest absolute Gasteiger partial charge is 0.475 e. The number of carbonyl (C=O) groups is 2. The number of aromatic carboxylic acids is 2. The topological polar surface area (TPSA) is 128 Å². The van der Waals surface area contributed by atoms with Crippen LogP contribution in [0.1, 0.15) is 58.3 Å². The number of aliphatic hydroxyl groups excluding tert-OH is 2. The van der Waals surface area contributed by atoms with Crippen molar-refractivity contribution in [1.82, 2.24) is 0 Å². The van der Waals surface area contributed by atoms with Gasteiger partial charge in [-0.2, -0.15) is 0 Å². The van der Waals surface area contributed by atoms with E-state index >= 15 is 0 Å². The van der Waals surface area contributed by atoms with E-state index in [-0.39, 0.29) is 11.1 Å². The molecule has 0 aliphatic carbocycles. The monoisotopic (exact) mass is 244 g/mol. The lowest BCUT2D eigenvalue weighted by atomic mass is 10.00. The van der Waals surface area contributed by atoms with Crippen molar-refractivity contribution in [2.75, 3.05) is 0 Å². The molecule has 94 valence electrons. The van der Waals surface area contributed by atoms with Crippen LogP contribution >= 0.6 is 0 Å². The highest BCUT2D eigenvalue weighted by Crippen LogP contribution is 2.33. The van der Waals surface area contributed by atoms with Crippen LogP contribution in [-0.4, -0.2) is 32.4 Å². The number of carboxylic acid groups (broad SMARTS) is 2. The molecule has 0 spiro atoms. The van der Waals surface area contributed by atoms with E-state index in [1.807, 2.05) is 0 Å². The molecular formula is C10H12O7. The molecular weight excluding hydrogens is 232 g/mol. The number of hydrogen-bond donors (Lipinski definition) is 4. The van der Waals surface area contributed by atoms with Crippen LogP contribution in [0.3, 0.4) is 0 Å². The van der Waals surface area contributed by atoms with E-state index in [1.165, 1.54) is 13.8 Å². The van der Waals surface area contributed by atoms with E-state index in [0.717, 1.165) is 0 Å². The molecule has 0 fully saturated rings. The molecule has 1 rings (SSSR count). The van der Waals surface area contributed by atoms with E-state index in [4.69, 9.17) is 10.2 Å². The van der Waals surface area contributed by atoms with Crippen LogP contribution < -0.4 is 0 Å². The van der Waals surface area contributed by atoms with Gasteiger partial charge >= 0.3 is 11.9 Å². The molecule has 4 N–H and O–H groups in total. The van der Waals surface area contributed by atoms with Gasteiger partial charge in [0.1, 0.15) is 0 Å². The van der Waals surface area contributed by atoms with Gasteiger partial charge in [-0.25, -0.2) is 9.59 Å². The minimum absolute atomic E-state index is 0.218. The fourth-order valence-corrected chi connectivity index (χ4v) is 1.60. The number of carboxylic acids is 2. The molecule has 7 heteroatoms. The lowest BCUT2D eigenvalue weighted by Crippen LogP contribution is -2.07. The number of rotatable bonds is 4.